The van der Waals surface area contributed by atoms with Crippen LogP contribution in [0.15, 0.2) is 5.16 Å². The first-order valence-electron chi connectivity index (χ1n) is 7.76. The molecule has 0 aliphatic carbocycles. The molecule has 0 aromatic carbocycles. The van der Waals surface area contributed by atoms with Gasteiger partial charge in [-0.15, -0.1) is 11.3 Å². The van der Waals surface area contributed by atoms with Crippen molar-refractivity contribution in [3.05, 3.63) is 10.4 Å². The molecule has 0 bridgehead atoms. The topological polar surface area (TPSA) is 42.7 Å². The molecule has 1 unspecified atom stereocenters. The Kier molecular flexibility index (Phi) is 3.98. The number of nitrogens with one attached hydrogen (secondary N) is 1. The van der Waals surface area contributed by atoms with E-state index in [1.807, 2.05) is 11.3 Å². The summed E-state index contributed by atoms with van der Waals surface area (Å²) in [7, 11) is 2.27. The fourth-order valence-corrected chi connectivity index (χ4v) is 5.01. The van der Waals surface area contributed by atoms with Crippen LogP contribution in [0.5, 0.6) is 0 Å². The largest absolute Gasteiger partial charge is 0.378 e. The molecule has 4 heterocycles. The number of rotatable bonds is 2. The normalized spacial score (nSPS) is 22.1. The maximum absolute atomic E-state index is 5.51. The number of ether oxygens (including phenoxy) is 1. The number of nitrogens with zero attached hydrogens (tertiary/aromatic N) is 3. The van der Waals surface area contributed by atoms with Crippen molar-refractivity contribution >= 4 is 39.1 Å². The molecular weight excluding hydrogens is 316 g/mol. The molecule has 2 aromatic heterocycles. The van der Waals surface area contributed by atoms with Crippen molar-refractivity contribution in [3.63, 3.8) is 0 Å². The molecule has 2 aliphatic rings. The van der Waals surface area contributed by atoms with Crippen LogP contribution in [0.4, 0.5) is 5.82 Å². The second kappa shape index (κ2) is 5.96. The molecule has 0 spiro atoms. The average molecular weight is 337 g/mol. The summed E-state index contributed by atoms with van der Waals surface area (Å²) in [5, 5.41) is 2.19. The van der Waals surface area contributed by atoms with Crippen molar-refractivity contribution in [3.8, 4) is 0 Å². The van der Waals surface area contributed by atoms with Gasteiger partial charge in [0, 0.05) is 19.5 Å². The summed E-state index contributed by atoms with van der Waals surface area (Å²) in [6, 6.07) is 0. The number of thiophene rings is 1. The van der Waals surface area contributed by atoms with Crippen LogP contribution in [-0.4, -0.2) is 56.1 Å². The van der Waals surface area contributed by atoms with Gasteiger partial charge in [-0.3, -0.25) is 0 Å². The monoisotopic (exact) mass is 337 g/mol. The lowest BCUT2D eigenvalue weighted by atomic mass is 10.1. The van der Waals surface area contributed by atoms with Gasteiger partial charge in [0.1, 0.15) is 17.2 Å². The molecule has 1 atom stereocenters. The minimum absolute atomic E-state index is 0.791. The minimum atomic E-state index is 0.791. The first-order chi connectivity index (χ1) is 10.8. The molecule has 1 fully saturated rings. The third-order valence-corrected chi connectivity index (χ3v) is 6.13. The number of thioether (sulfide) groups is 1. The van der Waals surface area contributed by atoms with E-state index in [0.717, 1.165) is 50.2 Å². The summed E-state index contributed by atoms with van der Waals surface area (Å²) >= 11 is 3.50. The summed E-state index contributed by atoms with van der Waals surface area (Å²) in [6.45, 7) is 5.75. The number of quaternary nitrogens is 1. The molecule has 118 valence electrons. The minimum Gasteiger partial charge on any atom is -0.378 e. The second-order valence-corrected chi connectivity index (χ2v) is 7.81. The maximum Gasteiger partial charge on any atom is 0.190 e. The van der Waals surface area contributed by atoms with Crippen LogP contribution in [0.25, 0.3) is 10.2 Å². The van der Waals surface area contributed by atoms with Crippen molar-refractivity contribution in [2.75, 3.05) is 51.1 Å². The molecule has 5 nitrogen and oxygen atoms in total. The maximum atomic E-state index is 5.51. The van der Waals surface area contributed by atoms with Crippen LogP contribution in [0.2, 0.25) is 0 Å². The van der Waals surface area contributed by atoms with Crippen molar-refractivity contribution in [2.45, 2.75) is 18.1 Å². The lowest BCUT2D eigenvalue weighted by Crippen LogP contribution is -3.08. The fraction of sp³-hybridized carbons (Fsp3) is 0.600. The Morgan fingerprint density at radius 3 is 2.86 bits per heavy atom. The van der Waals surface area contributed by atoms with Crippen LogP contribution < -0.4 is 9.80 Å². The zero-order chi connectivity index (χ0) is 15.1. The SMILES string of the molecule is CSc1nc(N2CCOCC2)c2c3c(sc2n1)C[NH+](C)CC3. The highest BCUT2D eigenvalue weighted by atomic mass is 32.2. The number of fused-ring (bicyclic) bond motifs is 3. The Balaban J connectivity index is 1.88. The van der Waals surface area contributed by atoms with Crippen molar-refractivity contribution in [1.29, 1.82) is 0 Å². The number of anilines is 1. The van der Waals surface area contributed by atoms with E-state index in [-0.39, 0.29) is 0 Å². The molecule has 7 heteroatoms. The molecule has 0 amide bonds. The van der Waals surface area contributed by atoms with E-state index in [1.165, 1.54) is 27.2 Å². The quantitative estimate of drug-likeness (QED) is 0.649. The summed E-state index contributed by atoms with van der Waals surface area (Å²) in [5.41, 5.74) is 1.50. The lowest BCUT2D eigenvalue weighted by molar-refractivity contribution is -0.895. The van der Waals surface area contributed by atoms with E-state index in [0.29, 0.717) is 0 Å². The van der Waals surface area contributed by atoms with Crippen LogP contribution >= 0.6 is 23.1 Å². The Morgan fingerprint density at radius 2 is 2.09 bits per heavy atom. The summed E-state index contributed by atoms with van der Waals surface area (Å²) < 4.78 is 5.51. The van der Waals surface area contributed by atoms with E-state index in [9.17, 15) is 0 Å². The van der Waals surface area contributed by atoms with Gasteiger partial charge in [-0.2, -0.15) is 0 Å². The van der Waals surface area contributed by atoms with E-state index >= 15 is 0 Å². The summed E-state index contributed by atoms with van der Waals surface area (Å²) in [4.78, 5) is 16.3. The first kappa shape index (κ1) is 14.7. The van der Waals surface area contributed by atoms with Gasteiger partial charge in [-0.1, -0.05) is 11.8 Å². The Morgan fingerprint density at radius 1 is 1.27 bits per heavy atom. The second-order valence-electron chi connectivity index (χ2n) is 5.95. The van der Waals surface area contributed by atoms with Gasteiger partial charge in [0.05, 0.1) is 37.1 Å². The van der Waals surface area contributed by atoms with Gasteiger partial charge in [0.25, 0.3) is 0 Å². The van der Waals surface area contributed by atoms with Gasteiger partial charge >= 0.3 is 0 Å². The van der Waals surface area contributed by atoms with Crippen molar-refractivity contribution < 1.29 is 9.64 Å². The van der Waals surface area contributed by atoms with Crippen LogP contribution in [0.3, 0.4) is 0 Å². The molecule has 2 aliphatic heterocycles. The molecule has 0 saturated carbocycles. The number of likely N-dealkylation sites (N-methyl/N-ethyl adjacent to an activating group) is 1. The van der Waals surface area contributed by atoms with E-state index in [2.05, 4.69) is 18.2 Å². The summed E-state index contributed by atoms with van der Waals surface area (Å²) in [6.07, 6.45) is 3.19. The van der Waals surface area contributed by atoms with E-state index in [1.54, 1.807) is 16.7 Å². The molecule has 0 radical (unpaired) electrons. The molecule has 22 heavy (non-hydrogen) atoms. The number of hydrogen-bond acceptors (Lipinski definition) is 6. The smallest absolute Gasteiger partial charge is 0.190 e. The number of aromatic nitrogens is 2. The Bertz CT molecular complexity index is 696. The van der Waals surface area contributed by atoms with Crippen molar-refractivity contribution in [1.82, 2.24) is 9.97 Å². The molecule has 1 N–H and O–H groups in total. The Hall–Kier alpha value is -0.890. The number of hydrogen-bond donors (Lipinski definition) is 1. The van der Waals surface area contributed by atoms with E-state index in [4.69, 9.17) is 14.7 Å². The van der Waals surface area contributed by atoms with Crippen LogP contribution in [-0.2, 0) is 17.7 Å². The predicted octanol–water partition coefficient (Wildman–Crippen LogP) is 0.821. The van der Waals surface area contributed by atoms with Crippen LogP contribution in [0, 0.1) is 0 Å². The molecule has 4 rings (SSSR count). The molecule has 1 saturated heterocycles. The van der Waals surface area contributed by atoms with Gasteiger partial charge in [0.15, 0.2) is 5.16 Å². The molecule has 2 aromatic rings. The predicted molar refractivity (Wildman–Crippen MR) is 91.4 cm³/mol. The average Bonchev–Trinajstić information content (AvgIpc) is 2.91. The first-order valence-corrected chi connectivity index (χ1v) is 9.80. The fourth-order valence-electron chi connectivity index (χ4n) is 3.27. The highest BCUT2D eigenvalue weighted by Gasteiger charge is 2.27. The zero-order valence-electron chi connectivity index (χ0n) is 13.0. The standard InChI is InChI=1S/C15H20N4OS2/c1-18-4-3-10-11(9-18)22-14-12(10)13(16-15(17-14)21-2)19-5-7-20-8-6-19/h3-9H2,1-2H3/p+1. The highest BCUT2D eigenvalue weighted by Crippen LogP contribution is 2.38. The van der Waals surface area contributed by atoms with Gasteiger partial charge < -0.3 is 14.5 Å². The van der Waals surface area contributed by atoms with Crippen LogP contribution in [0.1, 0.15) is 10.4 Å². The lowest BCUT2D eigenvalue weighted by Gasteiger charge is -2.29. The van der Waals surface area contributed by atoms with E-state index < -0.39 is 0 Å². The summed E-state index contributed by atoms with van der Waals surface area (Å²) in [5.74, 6) is 1.13. The van der Waals surface area contributed by atoms with Gasteiger partial charge in [-0.05, 0) is 11.8 Å². The van der Waals surface area contributed by atoms with Gasteiger partial charge in [0.2, 0.25) is 0 Å². The third-order valence-electron chi connectivity index (χ3n) is 4.45. The van der Waals surface area contributed by atoms with Gasteiger partial charge in [-0.25, -0.2) is 9.97 Å². The Labute approximate surface area is 138 Å². The third kappa shape index (κ3) is 2.50. The molecular formula is C15H21N4OS2+. The number of morpholine rings is 1. The highest BCUT2D eigenvalue weighted by molar-refractivity contribution is 7.98. The zero-order valence-corrected chi connectivity index (χ0v) is 14.6. The van der Waals surface area contributed by atoms with Crippen molar-refractivity contribution in [2.24, 2.45) is 0 Å².